The van der Waals surface area contributed by atoms with Crippen LogP contribution in [0.25, 0.3) is 0 Å². The van der Waals surface area contributed by atoms with E-state index in [-0.39, 0.29) is 0 Å². The van der Waals surface area contributed by atoms with E-state index >= 15 is 0 Å². The van der Waals surface area contributed by atoms with Gasteiger partial charge in [0, 0.05) is 12.8 Å². The molecule has 74 valence electrons. The predicted octanol–water partition coefficient (Wildman–Crippen LogP) is 4.03. The Hall–Kier alpha value is -0.120. The molecule has 0 saturated heterocycles. The lowest BCUT2D eigenvalue weighted by Crippen LogP contribution is -1.96. The molecule has 0 aliphatic carbocycles. The summed E-state index contributed by atoms with van der Waals surface area (Å²) >= 11 is 2.20. The van der Waals surface area contributed by atoms with Crippen molar-refractivity contribution in [2.24, 2.45) is 0 Å². The van der Waals surface area contributed by atoms with Crippen LogP contribution in [0.3, 0.4) is 0 Å². The van der Waals surface area contributed by atoms with E-state index in [1.54, 1.807) is 0 Å². The van der Waals surface area contributed by atoms with Gasteiger partial charge in [0.2, 0.25) is 0 Å². The lowest BCUT2D eigenvalue weighted by molar-refractivity contribution is -0.119. The number of rotatable bonds is 8. The Morgan fingerprint density at radius 1 is 1.23 bits per heavy atom. The van der Waals surface area contributed by atoms with E-state index in [2.05, 4.69) is 35.7 Å². The summed E-state index contributed by atoms with van der Waals surface area (Å²) in [7, 11) is 0. The van der Waals surface area contributed by atoms with Gasteiger partial charge in [0.1, 0.15) is 5.78 Å². The van der Waals surface area contributed by atoms with Gasteiger partial charge in [0.25, 0.3) is 0 Å². The maximum Gasteiger partial charge on any atom is 0.132 e. The first-order valence-corrected chi connectivity index (χ1v) is 5.70. The van der Waals surface area contributed by atoms with Crippen LogP contribution in [-0.2, 0) is 4.79 Å². The van der Waals surface area contributed by atoms with E-state index in [1.165, 1.54) is 0 Å². The molecule has 13 heavy (non-hydrogen) atoms. The molecule has 0 aliphatic rings. The molecule has 0 amide bonds. The van der Waals surface area contributed by atoms with Crippen molar-refractivity contribution in [3.8, 4) is 0 Å². The SMILES string of the molecule is C=CCCCC(=O)CCCC(=C)I. The standard InChI is InChI=1S/C11H17IO/c1-3-4-5-8-11(13)9-6-7-10(2)12/h3H,1-2,4-9H2. The molecule has 0 atom stereocenters. The molecule has 1 nitrogen and oxygen atoms in total. The molecule has 0 aromatic rings. The summed E-state index contributed by atoms with van der Waals surface area (Å²) in [4.78, 5) is 11.2. The van der Waals surface area contributed by atoms with Crippen molar-refractivity contribution in [1.29, 1.82) is 0 Å². The Bertz CT molecular complexity index is 185. The minimum Gasteiger partial charge on any atom is -0.300 e. The summed E-state index contributed by atoms with van der Waals surface area (Å²) in [5, 5.41) is 0. The molecule has 0 aromatic heterocycles. The minimum absolute atomic E-state index is 0.375. The number of carbonyl (C=O) groups excluding carboxylic acids is 1. The molecule has 0 unspecified atom stereocenters. The van der Waals surface area contributed by atoms with Crippen LogP contribution in [-0.4, -0.2) is 5.78 Å². The van der Waals surface area contributed by atoms with Crippen LogP contribution in [0.2, 0.25) is 0 Å². The third kappa shape index (κ3) is 9.80. The van der Waals surface area contributed by atoms with Crippen LogP contribution in [0.5, 0.6) is 0 Å². The van der Waals surface area contributed by atoms with E-state index in [4.69, 9.17) is 0 Å². The number of hydrogen-bond acceptors (Lipinski definition) is 1. The monoisotopic (exact) mass is 292 g/mol. The topological polar surface area (TPSA) is 17.1 Å². The molecule has 0 heterocycles. The molecular formula is C11H17IO. The Morgan fingerprint density at radius 3 is 2.38 bits per heavy atom. The summed E-state index contributed by atoms with van der Waals surface area (Å²) in [5.74, 6) is 0.375. The number of hydrogen-bond donors (Lipinski definition) is 0. The van der Waals surface area contributed by atoms with E-state index in [1.807, 2.05) is 6.08 Å². The second kappa shape index (κ2) is 8.48. The maximum atomic E-state index is 11.2. The first kappa shape index (κ1) is 12.9. The van der Waals surface area contributed by atoms with Crippen molar-refractivity contribution >= 4 is 28.4 Å². The predicted molar refractivity (Wildman–Crippen MR) is 66.1 cm³/mol. The highest BCUT2D eigenvalue weighted by atomic mass is 127. The van der Waals surface area contributed by atoms with Crippen molar-refractivity contribution in [1.82, 2.24) is 0 Å². The van der Waals surface area contributed by atoms with Gasteiger partial charge in [-0.1, -0.05) is 12.7 Å². The number of Topliss-reactive ketones (excluding diaryl/α,β-unsaturated/α-hetero) is 1. The number of unbranched alkanes of at least 4 members (excludes halogenated alkanes) is 1. The number of carbonyl (C=O) groups is 1. The highest BCUT2D eigenvalue weighted by Crippen LogP contribution is 2.13. The quantitative estimate of drug-likeness (QED) is 0.375. The molecule has 2 heteroatoms. The molecule has 0 saturated carbocycles. The highest BCUT2D eigenvalue weighted by Gasteiger charge is 2.00. The van der Waals surface area contributed by atoms with Crippen molar-refractivity contribution in [2.75, 3.05) is 0 Å². The third-order valence-electron chi connectivity index (χ3n) is 1.77. The summed E-state index contributed by atoms with van der Waals surface area (Å²) in [5.41, 5.74) is 0. The van der Waals surface area contributed by atoms with Crippen LogP contribution in [0.15, 0.2) is 22.8 Å². The van der Waals surface area contributed by atoms with Crippen LogP contribution in [0, 0.1) is 0 Å². The Kier molecular flexibility index (Phi) is 8.40. The average molecular weight is 292 g/mol. The zero-order valence-electron chi connectivity index (χ0n) is 8.02. The zero-order chi connectivity index (χ0) is 10.1. The Balaban J connectivity index is 3.30. The maximum absolute atomic E-state index is 11.2. The second-order valence-electron chi connectivity index (χ2n) is 3.09. The van der Waals surface area contributed by atoms with Crippen LogP contribution < -0.4 is 0 Å². The third-order valence-corrected chi connectivity index (χ3v) is 2.31. The van der Waals surface area contributed by atoms with Gasteiger partial charge in [-0.05, 0) is 51.9 Å². The van der Waals surface area contributed by atoms with Gasteiger partial charge in [-0.15, -0.1) is 6.58 Å². The van der Waals surface area contributed by atoms with Crippen LogP contribution >= 0.6 is 22.6 Å². The van der Waals surface area contributed by atoms with Gasteiger partial charge in [-0.3, -0.25) is 4.79 Å². The van der Waals surface area contributed by atoms with Crippen LogP contribution in [0.4, 0.5) is 0 Å². The molecule has 0 bridgehead atoms. The van der Waals surface area contributed by atoms with Crippen molar-refractivity contribution in [2.45, 2.75) is 38.5 Å². The fourth-order valence-corrected chi connectivity index (χ4v) is 1.43. The Morgan fingerprint density at radius 2 is 1.85 bits per heavy atom. The number of halogens is 1. The van der Waals surface area contributed by atoms with Crippen molar-refractivity contribution in [3.63, 3.8) is 0 Å². The van der Waals surface area contributed by atoms with Gasteiger partial charge in [0.05, 0.1) is 0 Å². The largest absolute Gasteiger partial charge is 0.300 e. The van der Waals surface area contributed by atoms with Gasteiger partial charge >= 0.3 is 0 Å². The summed E-state index contributed by atoms with van der Waals surface area (Å²) < 4.78 is 1.14. The van der Waals surface area contributed by atoms with Crippen LogP contribution in [0.1, 0.15) is 38.5 Å². The minimum atomic E-state index is 0.375. The first-order chi connectivity index (χ1) is 6.16. The van der Waals surface area contributed by atoms with E-state index in [0.717, 1.165) is 29.3 Å². The molecule has 0 fully saturated rings. The highest BCUT2D eigenvalue weighted by molar-refractivity contribution is 14.1. The van der Waals surface area contributed by atoms with Gasteiger partial charge in [-0.25, -0.2) is 0 Å². The lowest BCUT2D eigenvalue weighted by Gasteiger charge is -1.99. The average Bonchev–Trinajstić information content (AvgIpc) is 2.04. The summed E-state index contributed by atoms with van der Waals surface area (Å²) in [6.07, 6.45) is 7.10. The smallest absolute Gasteiger partial charge is 0.132 e. The summed E-state index contributed by atoms with van der Waals surface area (Å²) in [6.45, 7) is 7.41. The second-order valence-corrected chi connectivity index (χ2v) is 4.62. The molecule has 0 radical (unpaired) electrons. The van der Waals surface area contributed by atoms with Crippen molar-refractivity contribution in [3.05, 3.63) is 22.8 Å². The fourth-order valence-electron chi connectivity index (χ4n) is 1.05. The molecule has 0 rings (SSSR count). The van der Waals surface area contributed by atoms with Gasteiger partial charge < -0.3 is 0 Å². The molecule has 0 aromatic carbocycles. The number of ketones is 1. The fraction of sp³-hybridized carbons (Fsp3) is 0.545. The Labute approximate surface area is 94.4 Å². The molecule has 0 N–H and O–H groups in total. The van der Waals surface area contributed by atoms with E-state index < -0.39 is 0 Å². The van der Waals surface area contributed by atoms with E-state index in [0.29, 0.717) is 18.6 Å². The molecule has 0 spiro atoms. The first-order valence-electron chi connectivity index (χ1n) is 4.62. The normalized spacial score (nSPS) is 9.62. The van der Waals surface area contributed by atoms with Crippen molar-refractivity contribution < 1.29 is 4.79 Å². The summed E-state index contributed by atoms with van der Waals surface area (Å²) in [6, 6.07) is 0. The lowest BCUT2D eigenvalue weighted by atomic mass is 10.1. The van der Waals surface area contributed by atoms with Gasteiger partial charge in [0.15, 0.2) is 0 Å². The number of allylic oxidation sites excluding steroid dienone is 2. The zero-order valence-corrected chi connectivity index (χ0v) is 10.2. The molecule has 0 aliphatic heterocycles. The van der Waals surface area contributed by atoms with Gasteiger partial charge in [-0.2, -0.15) is 0 Å². The van der Waals surface area contributed by atoms with E-state index in [9.17, 15) is 4.79 Å². The molecular weight excluding hydrogens is 275 g/mol.